The number of carbonyl (C=O) groups is 1. The molecule has 1 aliphatic rings. The first-order chi connectivity index (χ1) is 8.69. The maximum atomic E-state index is 12.0. The number of aromatic nitrogens is 1. The molecule has 0 bridgehead atoms. The summed E-state index contributed by atoms with van der Waals surface area (Å²) in [4.78, 5) is 16.2. The van der Waals surface area contributed by atoms with Crippen LogP contribution in [0.4, 0.5) is 0 Å². The molecule has 0 aliphatic heterocycles. The SMILES string of the molecule is CCCc1cc(C(=O)OC2CCCC2)cc(Cl)n1. The van der Waals surface area contributed by atoms with Crippen LogP contribution in [0.25, 0.3) is 0 Å². The third kappa shape index (κ3) is 3.45. The van der Waals surface area contributed by atoms with E-state index in [9.17, 15) is 4.79 Å². The summed E-state index contributed by atoms with van der Waals surface area (Å²) in [5, 5.41) is 0.360. The minimum Gasteiger partial charge on any atom is -0.459 e. The van der Waals surface area contributed by atoms with E-state index >= 15 is 0 Å². The number of aryl methyl sites for hydroxylation is 1. The van der Waals surface area contributed by atoms with Gasteiger partial charge in [0.15, 0.2) is 0 Å². The molecule has 0 N–H and O–H groups in total. The van der Waals surface area contributed by atoms with Gasteiger partial charge in [-0.25, -0.2) is 9.78 Å². The third-order valence-electron chi connectivity index (χ3n) is 3.16. The molecule has 18 heavy (non-hydrogen) atoms. The summed E-state index contributed by atoms with van der Waals surface area (Å²) in [6.07, 6.45) is 6.14. The normalized spacial score (nSPS) is 15.9. The maximum absolute atomic E-state index is 12.0. The summed E-state index contributed by atoms with van der Waals surface area (Å²) in [6.45, 7) is 2.07. The van der Waals surface area contributed by atoms with E-state index in [0.717, 1.165) is 44.2 Å². The third-order valence-corrected chi connectivity index (χ3v) is 3.36. The number of esters is 1. The van der Waals surface area contributed by atoms with Crippen molar-refractivity contribution >= 4 is 17.6 Å². The highest BCUT2D eigenvalue weighted by molar-refractivity contribution is 6.29. The monoisotopic (exact) mass is 267 g/mol. The van der Waals surface area contributed by atoms with Crippen LogP contribution in [-0.2, 0) is 11.2 Å². The van der Waals surface area contributed by atoms with Gasteiger partial charge >= 0.3 is 5.97 Å². The molecule has 1 aromatic rings. The number of hydrogen-bond donors (Lipinski definition) is 0. The van der Waals surface area contributed by atoms with E-state index < -0.39 is 0 Å². The van der Waals surface area contributed by atoms with Crippen LogP contribution in [0, 0.1) is 0 Å². The predicted molar refractivity (Wildman–Crippen MR) is 70.9 cm³/mol. The van der Waals surface area contributed by atoms with E-state index in [1.807, 2.05) is 0 Å². The van der Waals surface area contributed by atoms with Crippen molar-refractivity contribution in [1.82, 2.24) is 4.98 Å². The maximum Gasteiger partial charge on any atom is 0.338 e. The largest absolute Gasteiger partial charge is 0.459 e. The lowest BCUT2D eigenvalue weighted by Gasteiger charge is -2.12. The molecule has 0 atom stereocenters. The smallest absolute Gasteiger partial charge is 0.338 e. The van der Waals surface area contributed by atoms with Crippen molar-refractivity contribution in [1.29, 1.82) is 0 Å². The standard InChI is InChI=1S/C14H18ClNO2/c1-2-5-11-8-10(9-13(15)16-11)14(17)18-12-6-3-4-7-12/h8-9,12H,2-7H2,1H3. The number of rotatable bonds is 4. The van der Waals surface area contributed by atoms with Gasteiger partial charge in [-0.05, 0) is 44.2 Å². The van der Waals surface area contributed by atoms with Crippen molar-refractivity contribution in [3.8, 4) is 0 Å². The average molecular weight is 268 g/mol. The van der Waals surface area contributed by atoms with Crippen LogP contribution in [0.3, 0.4) is 0 Å². The van der Waals surface area contributed by atoms with E-state index in [0.29, 0.717) is 10.7 Å². The molecule has 98 valence electrons. The lowest BCUT2D eigenvalue weighted by Crippen LogP contribution is -2.15. The highest BCUT2D eigenvalue weighted by atomic mass is 35.5. The van der Waals surface area contributed by atoms with Crippen LogP contribution in [0.15, 0.2) is 12.1 Å². The molecule has 4 heteroatoms. The Morgan fingerprint density at radius 2 is 2.17 bits per heavy atom. The molecular formula is C14H18ClNO2. The van der Waals surface area contributed by atoms with Gasteiger partial charge in [-0.15, -0.1) is 0 Å². The highest BCUT2D eigenvalue weighted by Crippen LogP contribution is 2.22. The van der Waals surface area contributed by atoms with Crippen molar-refractivity contribution in [2.75, 3.05) is 0 Å². The minimum absolute atomic E-state index is 0.0825. The van der Waals surface area contributed by atoms with Crippen LogP contribution in [-0.4, -0.2) is 17.1 Å². The number of halogens is 1. The van der Waals surface area contributed by atoms with Gasteiger partial charge in [-0.2, -0.15) is 0 Å². The Kier molecular flexibility index (Phi) is 4.59. The molecule has 1 saturated carbocycles. The molecule has 0 aromatic carbocycles. The second kappa shape index (κ2) is 6.19. The molecule has 0 amide bonds. The molecule has 1 heterocycles. The van der Waals surface area contributed by atoms with Crippen LogP contribution in [0.2, 0.25) is 5.15 Å². The first-order valence-corrected chi connectivity index (χ1v) is 6.94. The first-order valence-electron chi connectivity index (χ1n) is 6.56. The van der Waals surface area contributed by atoms with Gasteiger partial charge in [0.2, 0.25) is 0 Å². The van der Waals surface area contributed by atoms with Crippen molar-refractivity contribution in [3.05, 3.63) is 28.5 Å². The molecule has 3 nitrogen and oxygen atoms in total. The fraction of sp³-hybridized carbons (Fsp3) is 0.571. The molecule has 1 fully saturated rings. The zero-order chi connectivity index (χ0) is 13.0. The molecule has 0 unspecified atom stereocenters. The van der Waals surface area contributed by atoms with E-state index in [1.165, 1.54) is 0 Å². The summed E-state index contributed by atoms with van der Waals surface area (Å²) in [6, 6.07) is 3.37. The Balaban J connectivity index is 2.08. The Morgan fingerprint density at radius 1 is 1.44 bits per heavy atom. The van der Waals surface area contributed by atoms with Crippen molar-refractivity contribution < 1.29 is 9.53 Å². The van der Waals surface area contributed by atoms with E-state index in [-0.39, 0.29) is 12.1 Å². The van der Waals surface area contributed by atoms with Gasteiger partial charge in [-0.1, -0.05) is 24.9 Å². The van der Waals surface area contributed by atoms with E-state index in [2.05, 4.69) is 11.9 Å². The van der Waals surface area contributed by atoms with Crippen LogP contribution in [0.1, 0.15) is 55.1 Å². The molecular weight excluding hydrogens is 250 g/mol. The molecule has 0 radical (unpaired) electrons. The molecule has 1 aliphatic carbocycles. The quantitative estimate of drug-likeness (QED) is 0.615. The molecule has 0 spiro atoms. The van der Waals surface area contributed by atoms with Crippen LogP contribution < -0.4 is 0 Å². The summed E-state index contributed by atoms with van der Waals surface area (Å²) in [5.74, 6) is -0.274. The second-order valence-electron chi connectivity index (χ2n) is 4.73. The highest BCUT2D eigenvalue weighted by Gasteiger charge is 2.20. The molecule has 0 saturated heterocycles. The average Bonchev–Trinajstić information content (AvgIpc) is 2.81. The lowest BCUT2D eigenvalue weighted by molar-refractivity contribution is 0.0317. The van der Waals surface area contributed by atoms with Gasteiger partial charge in [0.1, 0.15) is 11.3 Å². The molecule has 1 aromatic heterocycles. The fourth-order valence-electron chi connectivity index (χ4n) is 2.28. The minimum atomic E-state index is -0.274. The number of pyridine rings is 1. The lowest BCUT2D eigenvalue weighted by atomic mass is 10.1. The topological polar surface area (TPSA) is 39.2 Å². The fourth-order valence-corrected chi connectivity index (χ4v) is 2.51. The van der Waals surface area contributed by atoms with Crippen LogP contribution in [0.5, 0.6) is 0 Å². The summed E-state index contributed by atoms with van der Waals surface area (Å²) < 4.78 is 5.46. The van der Waals surface area contributed by atoms with E-state index in [4.69, 9.17) is 16.3 Å². The summed E-state index contributed by atoms with van der Waals surface area (Å²) in [5.41, 5.74) is 1.37. The Bertz CT molecular complexity index is 428. The number of carbonyl (C=O) groups excluding carboxylic acids is 1. The van der Waals surface area contributed by atoms with Crippen molar-refractivity contribution in [2.45, 2.75) is 51.6 Å². The van der Waals surface area contributed by atoms with Gasteiger partial charge in [0.25, 0.3) is 0 Å². The second-order valence-corrected chi connectivity index (χ2v) is 5.12. The van der Waals surface area contributed by atoms with Crippen molar-refractivity contribution in [2.24, 2.45) is 0 Å². The first kappa shape index (κ1) is 13.3. The Morgan fingerprint density at radius 3 is 2.83 bits per heavy atom. The Hall–Kier alpha value is -1.09. The molecule has 2 rings (SSSR count). The van der Waals surface area contributed by atoms with Crippen molar-refractivity contribution in [3.63, 3.8) is 0 Å². The van der Waals surface area contributed by atoms with Gasteiger partial charge in [0.05, 0.1) is 5.56 Å². The zero-order valence-corrected chi connectivity index (χ0v) is 11.4. The zero-order valence-electron chi connectivity index (χ0n) is 10.6. The number of hydrogen-bond acceptors (Lipinski definition) is 3. The van der Waals surface area contributed by atoms with Gasteiger partial charge in [-0.3, -0.25) is 0 Å². The number of ether oxygens (including phenoxy) is 1. The summed E-state index contributed by atoms with van der Waals surface area (Å²) in [7, 11) is 0. The number of nitrogens with zero attached hydrogens (tertiary/aromatic N) is 1. The van der Waals surface area contributed by atoms with Gasteiger partial charge < -0.3 is 4.74 Å². The summed E-state index contributed by atoms with van der Waals surface area (Å²) >= 11 is 5.93. The Labute approximate surface area is 113 Å². The van der Waals surface area contributed by atoms with Crippen LogP contribution >= 0.6 is 11.6 Å². The van der Waals surface area contributed by atoms with E-state index in [1.54, 1.807) is 12.1 Å². The van der Waals surface area contributed by atoms with Gasteiger partial charge in [0, 0.05) is 5.69 Å². The predicted octanol–water partition coefficient (Wildman–Crippen LogP) is 3.79.